The number of aliphatic imine (C=N–C) groups is 1. The zero-order valence-electron chi connectivity index (χ0n) is 18.1. The number of quaternary nitrogens is 1. The predicted molar refractivity (Wildman–Crippen MR) is 128 cm³/mol. The van der Waals surface area contributed by atoms with Gasteiger partial charge in [-0.3, -0.25) is 9.28 Å². The van der Waals surface area contributed by atoms with Gasteiger partial charge in [-0.2, -0.15) is 4.99 Å². The van der Waals surface area contributed by atoms with Crippen LogP contribution in [0.15, 0.2) is 93.1 Å². The number of hydrogen-bond acceptors (Lipinski definition) is 5. The van der Waals surface area contributed by atoms with Crippen LogP contribution < -0.4 is 9.91 Å². The van der Waals surface area contributed by atoms with Crippen LogP contribution >= 0.6 is 0 Å². The summed E-state index contributed by atoms with van der Waals surface area (Å²) in [5.41, 5.74) is 4.07. The standard InChI is InChI=1S/C27H23N2O4/c30-19-28-22-11-9-20(10-12-22)18-29(13-15-32-16-14-29)26-17-25(31)24-8-4-7-23(27(24)33-26)21-5-2-1-3-6-21/h1-12,17H,13-16,18H2/q+1. The van der Waals surface area contributed by atoms with Crippen LogP contribution in [0.5, 0.6) is 0 Å². The van der Waals surface area contributed by atoms with Gasteiger partial charge in [-0.25, -0.2) is 4.79 Å². The summed E-state index contributed by atoms with van der Waals surface area (Å²) >= 11 is 0. The van der Waals surface area contributed by atoms with Gasteiger partial charge in [0.15, 0.2) is 11.0 Å². The molecule has 0 amide bonds. The fourth-order valence-electron chi connectivity index (χ4n) is 4.47. The van der Waals surface area contributed by atoms with E-state index in [2.05, 4.69) is 4.99 Å². The number of carbonyl (C=O) groups excluding carboxylic acids is 1. The van der Waals surface area contributed by atoms with Crippen molar-refractivity contribution in [2.75, 3.05) is 26.3 Å². The van der Waals surface area contributed by atoms with Crippen LogP contribution in [0.3, 0.4) is 0 Å². The SMILES string of the molecule is O=C=Nc1ccc(C[N+]2(c3cc(=O)c4cccc(-c5ccccc5)c4o3)CCOCC2)cc1. The van der Waals surface area contributed by atoms with Gasteiger partial charge in [0.25, 0.3) is 0 Å². The molecular formula is C27H23N2O4+. The molecule has 1 aromatic heterocycles. The van der Waals surface area contributed by atoms with Gasteiger partial charge in [-0.15, -0.1) is 0 Å². The number of morpholine rings is 1. The van der Waals surface area contributed by atoms with E-state index in [9.17, 15) is 9.59 Å². The maximum atomic E-state index is 13.2. The zero-order valence-corrected chi connectivity index (χ0v) is 18.1. The average Bonchev–Trinajstić information content (AvgIpc) is 2.86. The summed E-state index contributed by atoms with van der Waals surface area (Å²) in [6.07, 6.45) is 1.56. The van der Waals surface area contributed by atoms with Crippen molar-refractivity contribution in [2.45, 2.75) is 6.54 Å². The monoisotopic (exact) mass is 439 g/mol. The lowest BCUT2D eigenvalue weighted by Crippen LogP contribution is -2.55. The van der Waals surface area contributed by atoms with Gasteiger partial charge in [0.2, 0.25) is 6.08 Å². The maximum Gasteiger partial charge on any atom is 0.301 e. The number of nitrogens with zero attached hydrogens (tertiary/aromatic N) is 2. The fraction of sp³-hybridized carbons (Fsp3) is 0.185. The molecular weight excluding hydrogens is 416 g/mol. The molecule has 164 valence electrons. The predicted octanol–water partition coefficient (Wildman–Crippen LogP) is 4.97. The summed E-state index contributed by atoms with van der Waals surface area (Å²) in [4.78, 5) is 27.4. The molecule has 1 saturated heterocycles. The maximum absolute atomic E-state index is 13.2. The number of ether oxygens (including phenoxy) is 1. The normalized spacial score (nSPS) is 15.2. The molecule has 0 saturated carbocycles. The Morgan fingerprint density at radius 3 is 2.39 bits per heavy atom. The van der Waals surface area contributed by atoms with Crippen LogP contribution in [0, 0.1) is 0 Å². The first kappa shape index (κ1) is 21.0. The van der Waals surface area contributed by atoms with E-state index >= 15 is 0 Å². The Morgan fingerprint density at radius 1 is 0.909 bits per heavy atom. The van der Waals surface area contributed by atoms with Gasteiger partial charge in [0, 0.05) is 11.1 Å². The molecule has 0 N–H and O–H groups in total. The topological polar surface area (TPSA) is 68.9 Å². The van der Waals surface area contributed by atoms with E-state index in [-0.39, 0.29) is 5.43 Å². The molecule has 6 heteroatoms. The third-order valence-electron chi connectivity index (χ3n) is 6.22. The van der Waals surface area contributed by atoms with Crippen LogP contribution in [0.4, 0.5) is 11.6 Å². The van der Waals surface area contributed by atoms with Crippen LogP contribution in [0.25, 0.3) is 22.1 Å². The lowest BCUT2D eigenvalue weighted by atomic mass is 10.0. The molecule has 1 aliphatic heterocycles. The van der Waals surface area contributed by atoms with E-state index in [0.29, 0.717) is 59.9 Å². The molecule has 2 heterocycles. The molecule has 0 unspecified atom stereocenters. The fourth-order valence-corrected chi connectivity index (χ4v) is 4.47. The van der Waals surface area contributed by atoms with Crippen LogP contribution in [-0.4, -0.2) is 32.4 Å². The van der Waals surface area contributed by atoms with Gasteiger partial charge >= 0.3 is 5.88 Å². The largest absolute Gasteiger partial charge is 0.411 e. The van der Waals surface area contributed by atoms with Crippen molar-refractivity contribution in [1.29, 1.82) is 0 Å². The number of hydrogen-bond donors (Lipinski definition) is 0. The van der Waals surface area contributed by atoms with Crippen LogP contribution in [-0.2, 0) is 16.1 Å². The summed E-state index contributed by atoms with van der Waals surface area (Å²) in [7, 11) is 0. The molecule has 4 aromatic rings. The third-order valence-corrected chi connectivity index (χ3v) is 6.22. The summed E-state index contributed by atoms with van der Waals surface area (Å²) in [5.74, 6) is 0.633. The third kappa shape index (κ3) is 4.15. The van der Waals surface area contributed by atoms with Gasteiger partial charge in [-0.05, 0) is 23.8 Å². The molecule has 3 aromatic carbocycles. The van der Waals surface area contributed by atoms with Crippen molar-refractivity contribution in [3.8, 4) is 11.1 Å². The van der Waals surface area contributed by atoms with Crippen molar-refractivity contribution < 1.29 is 13.9 Å². The molecule has 0 spiro atoms. The molecule has 33 heavy (non-hydrogen) atoms. The van der Waals surface area contributed by atoms with Crippen molar-refractivity contribution in [2.24, 2.45) is 4.99 Å². The highest BCUT2D eigenvalue weighted by Crippen LogP contribution is 2.34. The number of benzene rings is 3. The number of fused-ring (bicyclic) bond motifs is 1. The first-order chi connectivity index (χ1) is 16.2. The van der Waals surface area contributed by atoms with Crippen molar-refractivity contribution in [1.82, 2.24) is 4.48 Å². The smallest absolute Gasteiger partial charge is 0.301 e. The van der Waals surface area contributed by atoms with E-state index in [0.717, 1.165) is 16.7 Å². The Balaban J connectivity index is 1.64. The Hall–Kier alpha value is -3.83. The minimum absolute atomic E-state index is 0.0521. The van der Waals surface area contributed by atoms with Gasteiger partial charge in [-0.1, -0.05) is 54.6 Å². The molecule has 0 aliphatic carbocycles. The molecule has 0 bridgehead atoms. The Bertz CT molecular complexity index is 1380. The number of para-hydroxylation sites is 1. The Labute approximate surface area is 191 Å². The summed E-state index contributed by atoms with van der Waals surface area (Å²) in [6.45, 7) is 3.17. The molecule has 0 radical (unpaired) electrons. The minimum atomic E-state index is -0.0521. The van der Waals surface area contributed by atoms with Crippen molar-refractivity contribution in [3.05, 3.63) is 94.6 Å². The van der Waals surface area contributed by atoms with Crippen LogP contribution in [0.2, 0.25) is 0 Å². The second-order valence-corrected chi connectivity index (χ2v) is 8.23. The van der Waals surface area contributed by atoms with Crippen molar-refractivity contribution >= 4 is 28.6 Å². The minimum Gasteiger partial charge on any atom is -0.411 e. The lowest BCUT2D eigenvalue weighted by molar-refractivity contribution is 0.0288. The highest BCUT2D eigenvalue weighted by Gasteiger charge is 2.37. The Morgan fingerprint density at radius 2 is 1.67 bits per heavy atom. The van der Waals surface area contributed by atoms with E-state index in [1.807, 2.05) is 60.7 Å². The van der Waals surface area contributed by atoms with E-state index in [1.165, 1.54) is 0 Å². The molecule has 5 rings (SSSR count). The molecule has 1 aliphatic rings. The highest BCUT2D eigenvalue weighted by atomic mass is 16.5. The first-order valence-electron chi connectivity index (χ1n) is 10.9. The summed E-state index contributed by atoms with van der Waals surface area (Å²) in [6, 6.07) is 24.8. The van der Waals surface area contributed by atoms with E-state index in [1.54, 1.807) is 24.3 Å². The average molecular weight is 439 g/mol. The lowest BCUT2D eigenvalue weighted by Gasteiger charge is -2.39. The first-order valence-corrected chi connectivity index (χ1v) is 10.9. The van der Waals surface area contributed by atoms with Crippen LogP contribution in [0.1, 0.15) is 5.56 Å². The van der Waals surface area contributed by atoms with Gasteiger partial charge in [0.1, 0.15) is 19.6 Å². The number of rotatable bonds is 5. The molecule has 6 nitrogen and oxygen atoms in total. The highest BCUT2D eigenvalue weighted by molar-refractivity contribution is 5.92. The van der Waals surface area contributed by atoms with E-state index in [4.69, 9.17) is 9.15 Å². The van der Waals surface area contributed by atoms with Gasteiger partial charge in [0.05, 0.1) is 30.4 Å². The zero-order chi connectivity index (χ0) is 22.7. The summed E-state index contributed by atoms with van der Waals surface area (Å²) in [5, 5.41) is 0.572. The Kier molecular flexibility index (Phi) is 5.71. The van der Waals surface area contributed by atoms with Crippen molar-refractivity contribution in [3.63, 3.8) is 0 Å². The van der Waals surface area contributed by atoms with Gasteiger partial charge < -0.3 is 9.15 Å². The second kappa shape index (κ2) is 8.96. The second-order valence-electron chi connectivity index (χ2n) is 8.23. The quantitative estimate of drug-likeness (QED) is 0.250. The molecule has 0 atom stereocenters. The number of isocyanates is 1. The summed E-state index contributed by atoms with van der Waals surface area (Å²) < 4.78 is 12.7. The molecule has 1 fully saturated rings. The van der Waals surface area contributed by atoms with E-state index < -0.39 is 0 Å².